The molecule has 0 unspecified atom stereocenters. The second-order valence-electron chi connectivity index (χ2n) is 4.65. The van der Waals surface area contributed by atoms with Gasteiger partial charge in [-0.25, -0.2) is 8.42 Å². The molecule has 5 nitrogen and oxygen atoms in total. The van der Waals surface area contributed by atoms with Crippen LogP contribution in [0.1, 0.15) is 18.9 Å². The molecule has 0 saturated carbocycles. The molecule has 21 heavy (non-hydrogen) atoms. The molecular weight excluding hydrogens is 358 g/mol. The van der Waals surface area contributed by atoms with Gasteiger partial charge >= 0.3 is 0 Å². The topological polar surface area (TPSA) is 78.6 Å². The Morgan fingerprint density at radius 1 is 1.29 bits per heavy atom. The monoisotopic (exact) mass is 379 g/mol. The minimum absolute atomic E-state index is 0.000978. The third-order valence-electron chi connectivity index (χ3n) is 2.88. The van der Waals surface area contributed by atoms with Crippen LogP contribution in [-0.4, -0.2) is 40.2 Å². The lowest BCUT2D eigenvalue weighted by atomic mass is 10.1. The molecule has 0 bridgehead atoms. The molecule has 0 saturated heterocycles. The van der Waals surface area contributed by atoms with Gasteiger partial charge < -0.3 is 15.2 Å². The lowest BCUT2D eigenvalue weighted by molar-refractivity contribution is 0.309. The van der Waals surface area contributed by atoms with Crippen LogP contribution in [0.5, 0.6) is 11.5 Å². The van der Waals surface area contributed by atoms with Crippen molar-refractivity contribution < 1.29 is 17.9 Å². The van der Waals surface area contributed by atoms with Crippen LogP contribution >= 0.6 is 15.9 Å². The van der Waals surface area contributed by atoms with E-state index in [1.165, 1.54) is 0 Å². The number of rotatable bonds is 9. The standard InChI is InChI=1S/C14H22BrNO4S/c1-3-7-21(17,18)8-6-20-14-12(15)9-11(4-5-16)10-13(14)19-2/h9-10H,3-8,16H2,1-2H3. The molecule has 0 amide bonds. The normalized spacial score (nSPS) is 11.4. The highest BCUT2D eigenvalue weighted by atomic mass is 79.9. The van der Waals surface area contributed by atoms with E-state index >= 15 is 0 Å². The summed E-state index contributed by atoms with van der Waals surface area (Å²) in [5.41, 5.74) is 6.58. The van der Waals surface area contributed by atoms with Crippen LogP contribution in [0.2, 0.25) is 0 Å². The Morgan fingerprint density at radius 2 is 2.00 bits per heavy atom. The maximum atomic E-state index is 11.7. The molecule has 2 N–H and O–H groups in total. The molecular formula is C14H22BrNO4S. The van der Waals surface area contributed by atoms with Gasteiger partial charge in [0.25, 0.3) is 0 Å². The first kappa shape index (κ1) is 18.3. The van der Waals surface area contributed by atoms with E-state index < -0.39 is 9.84 Å². The lowest BCUT2D eigenvalue weighted by Gasteiger charge is -2.14. The lowest BCUT2D eigenvalue weighted by Crippen LogP contribution is -2.17. The zero-order valence-corrected chi connectivity index (χ0v) is 14.8. The summed E-state index contributed by atoms with van der Waals surface area (Å²) in [6.07, 6.45) is 1.35. The van der Waals surface area contributed by atoms with E-state index in [1.54, 1.807) is 7.11 Å². The van der Waals surface area contributed by atoms with Gasteiger partial charge in [-0.1, -0.05) is 6.92 Å². The van der Waals surface area contributed by atoms with Crippen LogP contribution in [0.3, 0.4) is 0 Å². The molecule has 1 aromatic rings. The summed E-state index contributed by atoms with van der Waals surface area (Å²) >= 11 is 3.42. The van der Waals surface area contributed by atoms with Crippen LogP contribution < -0.4 is 15.2 Å². The molecule has 0 aliphatic rings. The summed E-state index contributed by atoms with van der Waals surface area (Å²) in [5, 5.41) is 0. The highest BCUT2D eigenvalue weighted by Crippen LogP contribution is 2.36. The Hall–Kier alpha value is -0.790. The zero-order chi connectivity index (χ0) is 15.9. The fourth-order valence-electron chi connectivity index (χ4n) is 1.91. The van der Waals surface area contributed by atoms with E-state index in [0.29, 0.717) is 24.5 Å². The Balaban J connectivity index is 2.79. The van der Waals surface area contributed by atoms with Gasteiger partial charge in [0.05, 0.1) is 23.1 Å². The molecule has 0 fully saturated rings. The summed E-state index contributed by atoms with van der Waals surface area (Å²) in [6.45, 7) is 2.49. The van der Waals surface area contributed by atoms with E-state index in [2.05, 4.69) is 15.9 Å². The highest BCUT2D eigenvalue weighted by Gasteiger charge is 2.14. The minimum atomic E-state index is -3.05. The van der Waals surface area contributed by atoms with Crippen molar-refractivity contribution in [2.75, 3.05) is 31.8 Å². The molecule has 1 rings (SSSR count). The van der Waals surface area contributed by atoms with Gasteiger partial charge in [0, 0.05) is 0 Å². The predicted octanol–water partition coefficient (Wildman–Crippen LogP) is 2.16. The van der Waals surface area contributed by atoms with E-state index in [-0.39, 0.29) is 18.1 Å². The molecule has 0 spiro atoms. The third-order valence-corrected chi connectivity index (χ3v) is 5.29. The number of ether oxygens (including phenoxy) is 2. The van der Waals surface area contributed by atoms with Crippen molar-refractivity contribution in [2.24, 2.45) is 5.73 Å². The molecule has 0 aliphatic carbocycles. The second-order valence-corrected chi connectivity index (χ2v) is 7.81. The molecule has 0 aliphatic heterocycles. The van der Waals surface area contributed by atoms with Crippen molar-refractivity contribution in [2.45, 2.75) is 19.8 Å². The Bertz CT molecular complexity index is 560. The smallest absolute Gasteiger partial charge is 0.175 e. The molecule has 0 radical (unpaired) electrons. The van der Waals surface area contributed by atoms with E-state index in [9.17, 15) is 8.42 Å². The summed E-state index contributed by atoms with van der Waals surface area (Å²) in [5.74, 6) is 1.27. The van der Waals surface area contributed by atoms with Crippen molar-refractivity contribution >= 4 is 25.8 Å². The van der Waals surface area contributed by atoms with Crippen LogP contribution in [-0.2, 0) is 16.3 Å². The predicted molar refractivity (Wildman–Crippen MR) is 87.9 cm³/mol. The maximum Gasteiger partial charge on any atom is 0.175 e. The number of sulfone groups is 1. The first-order valence-corrected chi connectivity index (χ1v) is 9.44. The molecule has 7 heteroatoms. The molecule has 1 aromatic carbocycles. The van der Waals surface area contributed by atoms with Gasteiger partial charge in [-0.15, -0.1) is 0 Å². The summed E-state index contributed by atoms with van der Waals surface area (Å²) in [4.78, 5) is 0. The quantitative estimate of drug-likeness (QED) is 0.710. The van der Waals surface area contributed by atoms with Crippen molar-refractivity contribution in [3.8, 4) is 11.5 Å². The number of hydrogen-bond acceptors (Lipinski definition) is 5. The van der Waals surface area contributed by atoms with Crippen molar-refractivity contribution in [1.29, 1.82) is 0 Å². The minimum Gasteiger partial charge on any atom is -0.493 e. The molecule has 0 heterocycles. The first-order valence-electron chi connectivity index (χ1n) is 6.83. The highest BCUT2D eigenvalue weighted by molar-refractivity contribution is 9.10. The zero-order valence-electron chi connectivity index (χ0n) is 12.4. The summed E-state index contributed by atoms with van der Waals surface area (Å²) in [6, 6.07) is 3.76. The summed E-state index contributed by atoms with van der Waals surface area (Å²) < 4.78 is 34.9. The average molecular weight is 380 g/mol. The number of benzene rings is 1. The number of hydrogen-bond donors (Lipinski definition) is 1. The van der Waals surface area contributed by atoms with Crippen molar-refractivity contribution in [1.82, 2.24) is 0 Å². The van der Waals surface area contributed by atoms with E-state index in [0.717, 1.165) is 16.5 Å². The van der Waals surface area contributed by atoms with Gasteiger partial charge in [-0.05, 0) is 53.0 Å². The Labute approximate surface area is 134 Å². The van der Waals surface area contributed by atoms with E-state index in [1.807, 2.05) is 19.1 Å². The van der Waals surface area contributed by atoms with Crippen molar-refractivity contribution in [3.63, 3.8) is 0 Å². The van der Waals surface area contributed by atoms with Gasteiger partial charge in [0.1, 0.15) is 6.61 Å². The van der Waals surface area contributed by atoms with Crippen LogP contribution in [0.4, 0.5) is 0 Å². The average Bonchev–Trinajstić information content (AvgIpc) is 2.40. The number of halogens is 1. The van der Waals surface area contributed by atoms with Crippen LogP contribution in [0.25, 0.3) is 0 Å². The largest absolute Gasteiger partial charge is 0.493 e. The first-order chi connectivity index (χ1) is 9.93. The van der Waals surface area contributed by atoms with Crippen LogP contribution in [0, 0.1) is 0 Å². The Morgan fingerprint density at radius 3 is 2.57 bits per heavy atom. The molecule has 120 valence electrons. The third kappa shape index (κ3) is 5.84. The van der Waals surface area contributed by atoms with Gasteiger partial charge in [0.15, 0.2) is 21.3 Å². The SMILES string of the molecule is CCCS(=O)(=O)CCOc1c(Br)cc(CCN)cc1OC. The fourth-order valence-corrected chi connectivity index (χ4v) is 3.68. The van der Waals surface area contributed by atoms with Gasteiger partial charge in [-0.2, -0.15) is 0 Å². The van der Waals surface area contributed by atoms with Crippen LogP contribution in [0.15, 0.2) is 16.6 Å². The molecule has 0 aromatic heterocycles. The van der Waals surface area contributed by atoms with E-state index in [4.69, 9.17) is 15.2 Å². The summed E-state index contributed by atoms with van der Waals surface area (Å²) in [7, 11) is -1.50. The molecule has 0 atom stereocenters. The maximum absolute atomic E-state index is 11.7. The number of methoxy groups -OCH3 is 1. The number of nitrogens with two attached hydrogens (primary N) is 1. The fraction of sp³-hybridized carbons (Fsp3) is 0.571. The van der Waals surface area contributed by atoms with Gasteiger partial charge in [0.2, 0.25) is 0 Å². The van der Waals surface area contributed by atoms with Crippen molar-refractivity contribution in [3.05, 3.63) is 22.2 Å². The van der Waals surface area contributed by atoms with Gasteiger partial charge in [-0.3, -0.25) is 0 Å². The second kappa shape index (κ2) is 8.60. The Kier molecular flexibility index (Phi) is 7.48.